The van der Waals surface area contributed by atoms with Crippen LogP contribution in [0.5, 0.6) is 0 Å². The molecule has 2 aromatic rings. The van der Waals surface area contributed by atoms with Crippen molar-refractivity contribution >= 4 is 44.2 Å². The molecule has 8 heteroatoms. The number of aryl methyl sites for hydroxylation is 2. The molecule has 0 aromatic carbocycles. The predicted molar refractivity (Wildman–Crippen MR) is 76.2 cm³/mol. The molecule has 2 N–H and O–H groups in total. The average molecular weight is 343 g/mol. The lowest BCUT2D eigenvalue weighted by Gasteiger charge is -2.02. The number of carbonyl (C=O) groups is 1. The summed E-state index contributed by atoms with van der Waals surface area (Å²) in [6.07, 6.45) is 0.576. The molecule has 0 aliphatic heterocycles. The maximum Gasteiger partial charge on any atom is 0.347 e. The van der Waals surface area contributed by atoms with Crippen molar-refractivity contribution in [3.05, 3.63) is 27.1 Å². The number of hydrogen-bond acceptors (Lipinski definition) is 6. The highest BCUT2D eigenvalue weighted by molar-refractivity contribution is 9.10. The summed E-state index contributed by atoms with van der Waals surface area (Å²) in [6.45, 7) is 3.65. The van der Waals surface area contributed by atoms with Crippen LogP contribution in [0.1, 0.15) is 28.1 Å². The molecule has 0 atom stereocenters. The molecule has 0 spiro atoms. The summed E-state index contributed by atoms with van der Waals surface area (Å²) in [7, 11) is 0. The smallest absolute Gasteiger partial charge is 0.347 e. The Morgan fingerprint density at radius 3 is 2.74 bits per heavy atom. The van der Waals surface area contributed by atoms with Gasteiger partial charge in [-0.2, -0.15) is 0 Å². The van der Waals surface area contributed by atoms with Crippen molar-refractivity contribution in [2.45, 2.75) is 20.3 Å². The molecule has 0 aliphatic rings. The first-order valence-corrected chi connectivity index (χ1v) is 7.11. The highest BCUT2D eigenvalue weighted by Gasteiger charge is 2.16. The summed E-state index contributed by atoms with van der Waals surface area (Å²) in [5.74, 6) is 0.234. The maximum atomic E-state index is 11.1. The van der Waals surface area contributed by atoms with Crippen LogP contribution in [-0.4, -0.2) is 26.0 Å². The van der Waals surface area contributed by atoms with Gasteiger partial charge in [-0.25, -0.2) is 19.7 Å². The Kier molecular flexibility index (Phi) is 4.11. The van der Waals surface area contributed by atoms with Gasteiger partial charge < -0.3 is 10.4 Å². The number of anilines is 2. The quantitative estimate of drug-likeness (QED) is 0.830. The molecule has 100 valence electrons. The van der Waals surface area contributed by atoms with Gasteiger partial charge in [0.15, 0.2) is 5.13 Å². The lowest BCUT2D eigenvalue weighted by molar-refractivity contribution is 0.0701. The molecule has 2 heterocycles. The van der Waals surface area contributed by atoms with Crippen LogP contribution in [-0.2, 0) is 6.42 Å². The molecule has 0 unspecified atom stereocenters. The second-order valence-electron chi connectivity index (χ2n) is 3.70. The molecule has 0 saturated heterocycles. The fourth-order valence-corrected chi connectivity index (χ4v) is 2.89. The van der Waals surface area contributed by atoms with Gasteiger partial charge >= 0.3 is 5.97 Å². The first-order valence-electron chi connectivity index (χ1n) is 5.50. The van der Waals surface area contributed by atoms with Crippen molar-refractivity contribution in [1.82, 2.24) is 15.0 Å². The van der Waals surface area contributed by atoms with Crippen LogP contribution in [0.15, 0.2) is 10.7 Å². The van der Waals surface area contributed by atoms with Crippen LogP contribution in [0, 0.1) is 6.92 Å². The van der Waals surface area contributed by atoms with Gasteiger partial charge in [0.2, 0.25) is 0 Å². The number of halogens is 1. The number of nitrogens with one attached hydrogen (secondary N) is 1. The third-order valence-electron chi connectivity index (χ3n) is 2.27. The first kappa shape index (κ1) is 13.9. The molecule has 0 aliphatic carbocycles. The average Bonchev–Trinajstić information content (AvgIpc) is 2.70. The first-order chi connectivity index (χ1) is 8.99. The Hall–Kier alpha value is -1.54. The molecule has 0 saturated carbocycles. The Balaban J connectivity index is 2.30. The lowest BCUT2D eigenvalue weighted by atomic mass is 10.3. The summed E-state index contributed by atoms with van der Waals surface area (Å²) in [4.78, 5) is 23.9. The van der Waals surface area contributed by atoms with Gasteiger partial charge in [-0.15, -0.1) is 0 Å². The highest BCUT2D eigenvalue weighted by Crippen LogP contribution is 2.26. The highest BCUT2D eigenvalue weighted by atomic mass is 79.9. The zero-order chi connectivity index (χ0) is 14.0. The van der Waals surface area contributed by atoms with Crippen LogP contribution in [0.3, 0.4) is 0 Å². The lowest BCUT2D eigenvalue weighted by Crippen LogP contribution is -1.98. The van der Waals surface area contributed by atoms with Crippen molar-refractivity contribution in [2.24, 2.45) is 0 Å². The van der Waals surface area contributed by atoms with Crippen molar-refractivity contribution < 1.29 is 9.90 Å². The zero-order valence-corrected chi connectivity index (χ0v) is 12.7. The van der Waals surface area contributed by atoms with Gasteiger partial charge in [0, 0.05) is 6.07 Å². The van der Waals surface area contributed by atoms with Gasteiger partial charge in [-0.1, -0.05) is 18.3 Å². The number of hydrogen-bond donors (Lipinski definition) is 2. The minimum atomic E-state index is -0.956. The Labute approximate surface area is 122 Å². The van der Waals surface area contributed by atoms with Gasteiger partial charge in [-0.05, 0) is 29.3 Å². The molecule has 2 rings (SSSR count). The number of aromatic carboxylic acids is 1. The standard InChI is InChI=1S/C11H11BrN4O2S/c1-3-6-9(10(17)18)19-11(15-6)16-8-4-7(12)13-5(2)14-8/h4H,3H2,1-2H3,(H,17,18)(H,13,14,15,16). The third kappa shape index (κ3) is 3.27. The summed E-state index contributed by atoms with van der Waals surface area (Å²) in [5, 5.41) is 12.6. The summed E-state index contributed by atoms with van der Waals surface area (Å²) in [5.41, 5.74) is 0.574. The number of thiazole rings is 1. The summed E-state index contributed by atoms with van der Waals surface area (Å²) in [6, 6.07) is 1.71. The van der Waals surface area contributed by atoms with E-state index >= 15 is 0 Å². The Morgan fingerprint density at radius 1 is 1.47 bits per heavy atom. The van der Waals surface area contributed by atoms with Crippen LogP contribution in [0.2, 0.25) is 0 Å². The van der Waals surface area contributed by atoms with Gasteiger partial charge in [-0.3, -0.25) is 0 Å². The Morgan fingerprint density at radius 2 is 2.21 bits per heavy atom. The molecule has 0 radical (unpaired) electrons. The molecule has 0 bridgehead atoms. The molecular formula is C11H11BrN4O2S. The fraction of sp³-hybridized carbons (Fsp3) is 0.273. The summed E-state index contributed by atoms with van der Waals surface area (Å²) < 4.78 is 0.660. The van der Waals surface area contributed by atoms with E-state index in [-0.39, 0.29) is 4.88 Å². The predicted octanol–water partition coefficient (Wildman–Crippen LogP) is 3.01. The third-order valence-corrected chi connectivity index (χ3v) is 3.68. The summed E-state index contributed by atoms with van der Waals surface area (Å²) >= 11 is 4.38. The van der Waals surface area contributed by atoms with E-state index in [9.17, 15) is 4.79 Å². The molecule has 0 fully saturated rings. The van der Waals surface area contributed by atoms with Gasteiger partial charge in [0.05, 0.1) is 5.69 Å². The largest absolute Gasteiger partial charge is 0.477 e. The molecule has 2 aromatic heterocycles. The monoisotopic (exact) mass is 342 g/mol. The van der Waals surface area contributed by atoms with Crippen molar-refractivity contribution in [3.63, 3.8) is 0 Å². The van der Waals surface area contributed by atoms with E-state index in [1.165, 1.54) is 0 Å². The van der Waals surface area contributed by atoms with E-state index in [0.29, 0.717) is 33.5 Å². The molecule has 6 nitrogen and oxygen atoms in total. The topological polar surface area (TPSA) is 88.0 Å². The van der Waals surface area contributed by atoms with Gasteiger partial charge in [0.25, 0.3) is 0 Å². The molecule has 19 heavy (non-hydrogen) atoms. The number of aromatic nitrogens is 3. The fourth-order valence-electron chi connectivity index (χ4n) is 1.52. The second-order valence-corrected chi connectivity index (χ2v) is 5.51. The number of rotatable bonds is 4. The number of nitrogens with zero attached hydrogens (tertiary/aromatic N) is 3. The van der Waals surface area contributed by atoms with E-state index in [1.807, 2.05) is 6.92 Å². The van der Waals surface area contributed by atoms with E-state index < -0.39 is 5.97 Å². The van der Waals surface area contributed by atoms with Crippen LogP contribution in [0.4, 0.5) is 10.9 Å². The number of carboxylic acid groups (broad SMARTS) is 1. The van der Waals surface area contributed by atoms with Gasteiger partial charge in [0.1, 0.15) is 21.1 Å². The van der Waals surface area contributed by atoms with Crippen LogP contribution < -0.4 is 5.32 Å². The minimum absolute atomic E-state index is 0.259. The maximum absolute atomic E-state index is 11.1. The molecule has 0 amide bonds. The number of carboxylic acids is 1. The van der Waals surface area contributed by atoms with Crippen LogP contribution in [0.25, 0.3) is 0 Å². The SMILES string of the molecule is CCc1nc(Nc2cc(Br)nc(C)n2)sc1C(=O)O. The van der Waals surface area contributed by atoms with E-state index in [2.05, 4.69) is 36.2 Å². The molecular weight excluding hydrogens is 332 g/mol. The Bertz CT molecular complexity index is 609. The minimum Gasteiger partial charge on any atom is -0.477 e. The normalized spacial score (nSPS) is 10.5. The second kappa shape index (κ2) is 5.62. The van der Waals surface area contributed by atoms with E-state index in [1.54, 1.807) is 13.0 Å². The van der Waals surface area contributed by atoms with Crippen molar-refractivity contribution in [3.8, 4) is 0 Å². The van der Waals surface area contributed by atoms with Crippen molar-refractivity contribution in [1.29, 1.82) is 0 Å². The van der Waals surface area contributed by atoms with E-state index in [4.69, 9.17) is 5.11 Å². The van der Waals surface area contributed by atoms with Crippen molar-refractivity contribution in [2.75, 3.05) is 5.32 Å². The van der Waals surface area contributed by atoms with Crippen LogP contribution >= 0.6 is 27.3 Å². The zero-order valence-electron chi connectivity index (χ0n) is 10.3. The van der Waals surface area contributed by atoms with E-state index in [0.717, 1.165) is 11.3 Å².